The van der Waals surface area contributed by atoms with E-state index in [1.807, 2.05) is 11.3 Å². The van der Waals surface area contributed by atoms with E-state index in [1.165, 1.54) is 54.4 Å². The van der Waals surface area contributed by atoms with Crippen LogP contribution in [0.4, 0.5) is 5.82 Å². The van der Waals surface area contributed by atoms with E-state index in [-0.39, 0.29) is 6.61 Å². The van der Waals surface area contributed by atoms with Gasteiger partial charge in [-0.2, -0.15) is 0 Å². The van der Waals surface area contributed by atoms with Crippen LogP contribution in [0.25, 0.3) is 10.2 Å². The summed E-state index contributed by atoms with van der Waals surface area (Å²) in [6.45, 7) is 0.288. The minimum absolute atomic E-state index is 0.288. The van der Waals surface area contributed by atoms with E-state index in [4.69, 9.17) is 0 Å². The molecule has 2 aliphatic rings. The second kappa shape index (κ2) is 5.54. The lowest BCUT2D eigenvalue weighted by molar-refractivity contribution is 0.254. The minimum Gasteiger partial charge on any atom is -0.396 e. The number of fused-ring (bicyclic) bond motifs is 3. The highest BCUT2D eigenvalue weighted by atomic mass is 32.1. The van der Waals surface area contributed by atoms with Gasteiger partial charge in [-0.1, -0.05) is 6.42 Å². The van der Waals surface area contributed by atoms with Gasteiger partial charge in [0.1, 0.15) is 17.0 Å². The first kappa shape index (κ1) is 13.5. The second-order valence-electron chi connectivity index (χ2n) is 6.21. The fraction of sp³-hybridized carbons (Fsp3) is 0.625. The van der Waals surface area contributed by atoms with E-state index in [0.717, 1.165) is 17.1 Å². The Kier molecular flexibility index (Phi) is 3.55. The van der Waals surface area contributed by atoms with Gasteiger partial charge in [0, 0.05) is 17.5 Å². The Morgan fingerprint density at radius 2 is 2.19 bits per heavy atom. The molecule has 1 fully saturated rings. The molecule has 2 unspecified atom stereocenters. The monoisotopic (exact) mass is 303 g/mol. The molecular weight excluding hydrogens is 282 g/mol. The molecule has 1 saturated carbocycles. The SMILES string of the molecule is OCCC1CCCC1Nc1ncnc2sc3c(c12)CCC3. The number of aliphatic hydroxyl groups is 1. The van der Waals surface area contributed by atoms with Gasteiger partial charge < -0.3 is 10.4 Å². The molecule has 21 heavy (non-hydrogen) atoms. The maximum Gasteiger partial charge on any atom is 0.138 e. The van der Waals surface area contributed by atoms with Crippen molar-refractivity contribution >= 4 is 27.4 Å². The van der Waals surface area contributed by atoms with Crippen molar-refractivity contribution in [2.75, 3.05) is 11.9 Å². The van der Waals surface area contributed by atoms with E-state index in [2.05, 4.69) is 15.3 Å². The van der Waals surface area contributed by atoms with Crippen LogP contribution in [0.15, 0.2) is 6.33 Å². The van der Waals surface area contributed by atoms with Gasteiger partial charge in [0.2, 0.25) is 0 Å². The largest absolute Gasteiger partial charge is 0.396 e. The average Bonchev–Trinajstić information content (AvgIpc) is 3.15. The molecule has 112 valence electrons. The van der Waals surface area contributed by atoms with Crippen molar-refractivity contribution < 1.29 is 5.11 Å². The van der Waals surface area contributed by atoms with Crippen molar-refractivity contribution in [1.82, 2.24) is 9.97 Å². The van der Waals surface area contributed by atoms with Gasteiger partial charge in [0.25, 0.3) is 0 Å². The summed E-state index contributed by atoms with van der Waals surface area (Å²) in [7, 11) is 0. The summed E-state index contributed by atoms with van der Waals surface area (Å²) in [5, 5.41) is 14.2. The number of hydrogen-bond donors (Lipinski definition) is 2. The lowest BCUT2D eigenvalue weighted by Gasteiger charge is -2.21. The van der Waals surface area contributed by atoms with Crippen LogP contribution in [-0.4, -0.2) is 27.7 Å². The first-order valence-corrected chi connectivity index (χ1v) is 8.81. The van der Waals surface area contributed by atoms with E-state index >= 15 is 0 Å². The van der Waals surface area contributed by atoms with Crippen LogP contribution < -0.4 is 5.32 Å². The highest BCUT2D eigenvalue weighted by Crippen LogP contribution is 2.40. The summed E-state index contributed by atoms with van der Waals surface area (Å²) in [4.78, 5) is 11.6. The minimum atomic E-state index is 0.288. The van der Waals surface area contributed by atoms with Crippen molar-refractivity contribution in [3.8, 4) is 0 Å². The van der Waals surface area contributed by atoms with E-state index in [9.17, 15) is 5.11 Å². The van der Waals surface area contributed by atoms with Gasteiger partial charge in [-0.3, -0.25) is 0 Å². The van der Waals surface area contributed by atoms with Crippen molar-refractivity contribution in [3.05, 3.63) is 16.8 Å². The Morgan fingerprint density at radius 3 is 3.10 bits per heavy atom. The molecule has 0 aliphatic heterocycles. The third-order valence-corrected chi connectivity index (χ3v) is 6.18. The number of anilines is 1. The third-order valence-electron chi connectivity index (χ3n) is 4.98. The molecule has 0 saturated heterocycles. The zero-order valence-electron chi connectivity index (χ0n) is 12.1. The fourth-order valence-corrected chi connectivity index (χ4v) is 5.18. The molecule has 2 aromatic rings. The summed E-state index contributed by atoms with van der Waals surface area (Å²) in [6.07, 6.45) is 9.87. The molecule has 0 bridgehead atoms. The predicted octanol–water partition coefficient (Wildman–Crippen LogP) is 3.14. The zero-order valence-corrected chi connectivity index (χ0v) is 13.0. The molecule has 0 aromatic carbocycles. The predicted molar refractivity (Wildman–Crippen MR) is 85.9 cm³/mol. The van der Waals surface area contributed by atoms with Gasteiger partial charge in [-0.05, 0) is 50.0 Å². The summed E-state index contributed by atoms with van der Waals surface area (Å²) in [6, 6.07) is 0.451. The summed E-state index contributed by atoms with van der Waals surface area (Å²) in [5.41, 5.74) is 1.48. The summed E-state index contributed by atoms with van der Waals surface area (Å²) >= 11 is 1.84. The lowest BCUT2D eigenvalue weighted by atomic mass is 10.00. The molecule has 0 radical (unpaired) electrons. The van der Waals surface area contributed by atoms with Gasteiger partial charge in [-0.25, -0.2) is 9.97 Å². The van der Waals surface area contributed by atoms with Gasteiger partial charge in [0.05, 0.1) is 5.39 Å². The van der Waals surface area contributed by atoms with Crippen molar-refractivity contribution in [1.29, 1.82) is 0 Å². The number of nitrogens with one attached hydrogen (secondary N) is 1. The van der Waals surface area contributed by atoms with Crippen LogP contribution in [0, 0.1) is 5.92 Å². The number of aryl methyl sites for hydroxylation is 2. The van der Waals surface area contributed by atoms with Crippen molar-refractivity contribution in [2.45, 2.75) is 51.0 Å². The van der Waals surface area contributed by atoms with Gasteiger partial charge >= 0.3 is 0 Å². The molecule has 2 N–H and O–H groups in total. The molecule has 2 aromatic heterocycles. The molecule has 4 rings (SSSR count). The first-order chi connectivity index (χ1) is 10.4. The Hall–Kier alpha value is -1.20. The van der Waals surface area contributed by atoms with Crippen LogP contribution in [0.3, 0.4) is 0 Å². The molecule has 5 heteroatoms. The van der Waals surface area contributed by atoms with Crippen LogP contribution in [0.2, 0.25) is 0 Å². The number of hydrogen-bond acceptors (Lipinski definition) is 5. The van der Waals surface area contributed by atoms with E-state index < -0.39 is 0 Å². The Balaban J connectivity index is 1.67. The number of rotatable bonds is 4. The maximum absolute atomic E-state index is 9.22. The highest BCUT2D eigenvalue weighted by molar-refractivity contribution is 7.19. The number of aromatic nitrogens is 2. The third kappa shape index (κ3) is 2.32. The zero-order chi connectivity index (χ0) is 14.2. The molecular formula is C16H21N3OS. The van der Waals surface area contributed by atoms with E-state index in [1.54, 1.807) is 6.33 Å². The van der Waals surface area contributed by atoms with Crippen molar-refractivity contribution in [3.63, 3.8) is 0 Å². The van der Waals surface area contributed by atoms with Crippen LogP contribution in [0.1, 0.15) is 42.5 Å². The first-order valence-electron chi connectivity index (χ1n) is 7.99. The van der Waals surface area contributed by atoms with Crippen molar-refractivity contribution in [2.24, 2.45) is 5.92 Å². The lowest BCUT2D eigenvalue weighted by Crippen LogP contribution is -2.25. The maximum atomic E-state index is 9.22. The normalized spacial score (nSPS) is 24.6. The molecule has 0 spiro atoms. The molecule has 4 nitrogen and oxygen atoms in total. The topological polar surface area (TPSA) is 58.0 Å². The van der Waals surface area contributed by atoms with Crippen LogP contribution >= 0.6 is 11.3 Å². The quantitative estimate of drug-likeness (QED) is 0.911. The van der Waals surface area contributed by atoms with Crippen LogP contribution in [-0.2, 0) is 12.8 Å². The summed E-state index contributed by atoms with van der Waals surface area (Å²) < 4.78 is 0. The Morgan fingerprint density at radius 1 is 1.24 bits per heavy atom. The highest BCUT2D eigenvalue weighted by Gasteiger charge is 2.28. The van der Waals surface area contributed by atoms with Crippen LogP contribution in [0.5, 0.6) is 0 Å². The van der Waals surface area contributed by atoms with E-state index in [0.29, 0.717) is 12.0 Å². The molecule has 2 heterocycles. The number of aliphatic hydroxyl groups excluding tert-OH is 1. The van der Waals surface area contributed by atoms with Gasteiger partial charge in [0.15, 0.2) is 0 Å². The summed E-state index contributed by atoms with van der Waals surface area (Å²) in [5.74, 6) is 1.60. The average molecular weight is 303 g/mol. The number of nitrogens with zero attached hydrogens (tertiary/aromatic N) is 2. The fourth-order valence-electron chi connectivity index (χ4n) is 3.95. The Bertz CT molecular complexity index is 654. The molecule has 2 aliphatic carbocycles. The molecule has 0 amide bonds. The number of thiophene rings is 1. The smallest absolute Gasteiger partial charge is 0.138 e. The Labute approximate surface area is 128 Å². The standard InChI is InChI=1S/C16H21N3OS/c20-8-7-10-3-1-5-12(10)19-15-14-11-4-2-6-13(11)21-16(14)18-9-17-15/h9-10,12,20H,1-8H2,(H,17,18,19). The molecule has 2 atom stereocenters. The second-order valence-corrected chi connectivity index (χ2v) is 7.30. The van der Waals surface area contributed by atoms with Gasteiger partial charge in [-0.15, -0.1) is 11.3 Å².